The van der Waals surface area contributed by atoms with Gasteiger partial charge in [-0.15, -0.1) is 0 Å². The average molecular weight is 262 g/mol. The number of anilines is 2. The van der Waals surface area contributed by atoms with E-state index in [2.05, 4.69) is 49.8 Å². The number of nitrogens with one attached hydrogen (secondary N) is 1. The highest BCUT2D eigenvalue weighted by molar-refractivity contribution is 5.59. The van der Waals surface area contributed by atoms with Gasteiger partial charge in [-0.25, -0.2) is 9.97 Å². The Hall–Kier alpha value is -1.32. The highest BCUT2D eigenvalue weighted by Gasteiger charge is 2.28. The molecule has 1 N–H and O–H groups in total. The second-order valence-corrected chi connectivity index (χ2v) is 5.68. The summed E-state index contributed by atoms with van der Waals surface area (Å²) >= 11 is 0. The lowest BCUT2D eigenvalue weighted by atomic mass is 10.0. The van der Waals surface area contributed by atoms with Gasteiger partial charge in [0.05, 0.1) is 0 Å². The lowest BCUT2D eigenvalue weighted by Crippen LogP contribution is -2.23. The molecule has 1 aliphatic rings. The van der Waals surface area contributed by atoms with Crippen LogP contribution >= 0.6 is 0 Å². The fourth-order valence-electron chi connectivity index (χ4n) is 2.66. The molecule has 2 rings (SSSR count). The quantitative estimate of drug-likeness (QED) is 0.906. The molecule has 1 aromatic rings. The van der Waals surface area contributed by atoms with Gasteiger partial charge in [-0.05, 0) is 25.7 Å². The molecular formula is C15H26N4. The lowest BCUT2D eigenvalue weighted by Gasteiger charge is -2.22. The first-order valence-electron chi connectivity index (χ1n) is 7.43. The second kappa shape index (κ2) is 5.76. The van der Waals surface area contributed by atoms with E-state index < -0.39 is 0 Å². The number of aryl methyl sites for hydroxylation is 1. The van der Waals surface area contributed by atoms with Gasteiger partial charge in [0.1, 0.15) is 17.5 Å². The van der Waals surface area contributed by atoms with Gasteiger partial charge in [-0.3, -0.25) is 0 Å². The summed E-state index contributed by atoms with van der Waals surface area (Å²) in [5, 5.41) is 3.36. The lowest BCUT2D eigenvalue weighted by molar-refractivity contribution is 0.494. The van der Waals surface area contributed by atoms with E-state index in [9.17, 15) is 0 Å². The van der Waals surface area contributed by atoms with Gasteiger partial charge in [0.15, 0.2) is 0 Å². The van der Waals surface area contributed by atoms with E-state index in [0.29, 0.717) is 0 Å². The Bertz CT molecular complexity index is 434. The molecule has 19 heavy (non-hydrogen) atoms. The zero-order chi connectivity index (χ0) is 14.0. The van der Waals surface area contributed by atoms with Crippen molar-refractivity contribution in [1.29, 1.82) is 0 Å². The highest BCUT2D eigenvalue weighted by atomic mass is 15.2. The first-order valence-corrected chi connectivity index (χ1v) is 7.43. The summed E-state index contributed by atoms with van der Waals surface area (Å²) in [5.41, 5.74) is 1.18. The molecule has 0 spiro atoms. The minimum absolute atomic E-state index is 0.738. The van der Waals surface area contributed by atoms with Crippen molar-refractivity contribution in [3.8, 4) is 0 Å². The predicted molar refractivity (Wildman–Crippen MR) is 80.9 cm³/mol. The van der Waals surface area contributed by atoms with Crippen LogP contribution in [-0.4, -0.2) is 29.6 Å². The SMILES string of the molecule is CCNc1nc(CC)nc(N2CC(C)C(C)C2)c1C. The van der Waals surface area contributed by atoms with E-state index in [4.69, 9.17) is 4.98 Å². The van der Waals surface area contributed by atoms with Crippen LogP contribution in [0.15, 0.2) is 0 Å². The first-order chi connectivity index (χ1) is 9.06. The molecule has 0 saturated carbocycles. The van der Waals surface area contributed by atoms with E-state index in [1.165, 1.54) is 5.56 Å². The summed E-state index contributed by atoms with van der Waals surface area (Å²) in [6, 6.07) is 0. The van der Waals surface area contributed by atoms with Crippen molar-refractivity contribution in [2.24, 2.45) is 11.8 Å². The average Bonchev–Trinajstić information content (AvgIpc) is 2.72. The summed E-state index contributed by atoms with van der Waals surface area (Å²) in [6.07, 6.45) is 0.880. The summed E-state index contributed by atoms with van der Waals surface area (Å²) in [4.78, 5) is 11.8. The van der Waals surface area contributed by atoms with E-state index >= 15 is 0 Å². The molecule has 2 unspecified atom stereocenters. The first kappa shape index (κ1) is 14.1. The topological polar surface area (TPSA) is 41.1 Å². The summed E-state index contributed by atoms with van der Waals surface area (Å²) < 4.78 is 0. The van der Waals surface area contributed by atoms with Crippen molar-refractivity contribution >= 4 is 11.6 Å². The molecule has 1 fully saturated rings. The van der Waals surface area contributed by atoms with Gasteiger partial charge in [-0.1, -0.05) is 20.8 Å². The van der Waals surface area contributed by atoms with Crippen LogP contribution in [0.2, 0.25) is 0 Å². The van der Waals surface area contributed by atoms with Crippen LogP contribution in [0.3, 0.4) is 0 Å². The van der Waals surface area contributed by atoms with Crippen molar-refractivity contribution in [2.75, 3.05) is 29.9 Å². The Morgan fingerprint density at radius 1 is 1.16 bits per heavy atom. The Labute approximate surface area is 116 Å². The largest absolute Gasteiger partial charge is 0.370 e. The summed E-state index contributed by atoms with van der Waals surface area (Å²) in [5.74, 6) is 4.53. The zero-order valence-electron chi connectivity index (χ0n) is 12.8. The number of hydrogen-bond donors (Lipinski definition) is 1. The smallest absolute Gasteiger partial charge is 0.137 e. The molecule has 1 aromatic heterocycles. The van der Waals surface area contributed by atoms with Crippen LogP contribution < -0.4 is 10.2 Å². The maximum absolute atomic E-state index is 4.76. The standard InChI is InChI=1S/C15H26N4/c1-6-13-17-14(16-7-2)12(5)15(18-13)19-8-10(3)11(4)9-19/h10-11H,6-9H2,1-5H3,(H,16,17,18). The Balaban J connectivity index is 2.36. The van der Waals surface area contributed by atoms with Crippen LogP contribution in [0.5, 0.6) is 0 Å². The fourth-order valence-corrected chi connectivity index (χ4v) is 2.66. The van der Waals surface area contributed by atoms with Crippen LogP contribution in [-0.2, 0) is 6.42 Å². The Morgan fingerprint density at radius 3 is 2.32 bits per heavy atom. The van der Waals surface area contributed by atoms with Crippen molar-refractivity contribution in [3.63, 3.8) is 0 Å². The number of nitrogens with zero attached hydrogens (tertiary/aromatic N) is 3. The molecule has 0 aliphatic carbocycles. The van der Waals surface area contributed by atoms with E-state index in [-0.39, 0.29) is 0 Å². The highest BCUT2D eigenvalue weighted by Crippen LogP contribution is 2.31. The maximum atomic E-state index is 4.76. The van der Waals surface area contributed by atoms with Crippen molar-refractivity contribution in [2.45, 2.75) is 41.0 Å². The van der Waals surface area contributed by atoms with Crippen LogP contribution in [0.25, 0.3) is 0 Å². The summed E-state index contributed by atoms with van der Waals surface area (Å²) in [6.45, 7) is 14.1. The Kier molecular flexibility index (Phi) is 4.27. The van der Waals surface area contributed by atoms with Gasteiger partial charge >= 0.3 is 0 Å². The minimum atomic E-state index is 0.738. The van der Waals surface area contributed by atoms with E-state index in [1.54, 1.807) is 0 Å². The van der Waals surface area contributed by atoms with Crippen LogP contribution in [0, 0.1) is 18.8 Å². The zero-order valence-corrected chi connectivity index (χ0v) is 12.8. The summed E-state index contributed by atoms with van der Waals surface area (Å²) in [7, 11) is 0. The van der Waals surface area contributed by atoms with Crippen molar-refractivity contribution in [3.05, 3.63) is 11.4 Å². The third-order valence-electron chi connectivity index (χ3n) is 4.11. The number of hydrogen-bond acceptors (Lipinski definition) is 4. The maximum Gasteiger partial charge on any atom is 0.137 e. The molecule has 1 aliphatic heterocycles. The molecule has 1 saturated heterocycles. The molecule has 4 heteroatoms. The molecule has 4 nitrogen and oxygen atoms in total. The predicted octanol–water partition coefficient (Wildman–Crippen LogP) is 2.87. The minimum Gasteiger partial charge on any atom is -0.370 e. The number of aromatic nitrogens is 2. The molecule has 0 radical (unpaired) electrons. The molecule has 2 atom stereocenters. The molecule has 2 heterocycles. The van der Waals surface area contributed by atoms with Crippen molar-refractivity contribution in [1.82, 2.24) is 9.97 Å². The molecule has 106 valence electrons. The second-order valence-electron chi connectivity index (χ2n) is 5.68. The van der Waals surface area contributed by atoms with Crippen molar-refractivity contribution < 1.29 is 0 Å². The molecular weight excluding hydrogens is 236 g/mol. The van der Waals surface area contributed by atoms with Gasteiger partial charge in [0.2, 0.25) is 0 Å². The molecule has 0 aromatic carbocycles. The monoisotopic (exact) mass is 262 g/mol. The molecule has 0 bridgehead atoms. The normalized spacial score (nSPS) is 22.9. The third-order valence-corrected chi connectivity index (χ3v) is 4.11. The number of rotatable bonds is 4. The third kappa shape index (κ3) is 2.82. The Morgan fingerprint density at radius 2 is 1.79 bits per heavy atom. The van der Waals surface area contributed by atoms with Gasteiger partial charge in [-0.2, -0.15) is 0 Å². The van der Waals surface area contributed by atoms with Crippen LogP contribution in [0.1, 0.15) is 39.1 Å². The van der Waals surface area contributed by atoms with Gasteiger partial charge in [0.25, 0.3) is 0 Å². The van der Waals surface area contributed by atoms with Gasteiger partial charge in [0, 0.05) is 31.6 Å². The van der Waals surface area contributed by atoms with Gasteiger partial charge < -0.3 is 10.2 Å². The molecule has 0 amide bonds. The van der Waals surface area contributed by atoms with E-state index in [0.717, 1.165) is 55.4 Å². The fraction of sp³-hybridized carbons (Fsp3) is 0.733. The van der Waals surface area contributed by atoms with Crippen LogP contribution in [0.4, 0.5) is 11.6 Å². The van der Waals surface area contributed by atoms with E-state index in [1.807, 2.05) is 0 Å².